The second kappa shape index (κ2) is 8.60. The molecule has 0 aliphatic carbocycles. The lowest BCUT2D eigenvalue weighted by atomic mass is 10.2. The van der Waals surface area contributed by atoms with E-state index in [1.807, 2.05) is 12.4 Å². The third-order valence-corrected chi connectivity index (χ3v) is 5.19. The molecule has 0 fully saturated rings. The molecule has 2 aromatic rings. The van der Waals surface area contributed by atoms with Crippen LogP contribution in [-0.2, 0) is 17.7 Å². The minimum absolute atomic E-state index is 0.369. The van der Waals surface area contributed by atoms with E-state index in [4.69, 9.17) is 4.74 Å². The molecule has 0 aromatic carbocycles. The van der Waals surface area contributed by atoms with Crippen LogP contribution in [0.15, 0.2) is 16.3 Å². The van der Waals surface area contributed by atoms with Crippen molar-refractivity contribution in [1.29, 1.82) is 0 Å². The van der Waals surface area contributed by atoms with Crippen LogP contribution in [0.3, 0.4) is 0 Å². The molecular weight excluding hydrogens is 304 g/mol. The fourth-order valence-corrected chi connectivity index (χ4v) is 3.57. The Kier molecular flexibility index (Phi) is 6.79. The third-order valence-electron chi connectivity index (χ3n) is 3.29. The second-order valence-corrected chi connectivity index (χ2v) is 6.73. The molecule has 4 nitrogen and oxygen atoms in total. The number of hydrogen-bond acceptors (Lipinski definition) is 6. The predicted molar refractivity (Wildman–Crippen MR) is 88.1 cm³/mol. The number of thiophene rings is 1. The lowest BCUT2D eigenvalue weighted by Crippen LogP contribution is -2.30. The van der Waals surface area contributed by atoms with Crippen molar-refractivity contribution in [1.82, 2.24) is 10.3 Å². The van der Waals surface area contributed by atoms with Crippen molar-refractivity contribution in [2.24, 2.45) is 0 Å². The maximum Gasteiger partial charge on any atom is 0.0897 e. The maximum atomic E-state index is 9.86. The summed E-state index contributed by atoms with van der Waals surface area (Å²) in [6, 6.07) is 0. The zero-order chi connectivity index (χ0) is 15.1. The van der Waals surface area contributed by atoms with E-state index in [0.717, 1.165) is 18.7 Å². The van der Waals surface area contributed by atoms with E-state index in [-0.39, 0.29) is 0 Å². The van der Waals surface area contributed by atoms with Gasteiger partial charge in [-0.2, -0.15) is 11.3 Å². The van der Waals surface area contributed by atoms with Crippen LogP contribution in [0.4, 0.5) is 0 Å². The van der Waals surface area contributed by atoms with Gasteiger partial charge in [0.15, 0.2) is 0 Å². The number of aryl methyl sites for hydroxylation is 2. The number of ether oxygens (including phenoxy) is 1. The summed E-state index contributed by atoms with van der Waals surface area (Å²) in [5.74, 6) is 0. The van der Waals surface area contributed by atoms with Crippen molar-refractivity contribution in [2.45, 2.75) is 32.9 Å². The minimum atomic E-state index is -0.466. The quantitative estimate of drug-likeness (QED) is 0.695. The van der Waals surface area contributed by atoms with Crippen LogP contribution in [0.5, 0.6) is 0 Å². The Morgan fingerprint density at radius 1 is 1.38 bits per heavy atom. The van der Waals surface area contributed by atoms with Crippen LogP contribution < -0.4 is 5.32 Å². The fraction of sp³-hybridized carbons (Fsp3) is 0.533. The first-order valence-electron chi connectivity index (χ1n) is 7.04. The van der Waals surface area contributed by atoms with E-state index in [0.29, 0.717) is 19.8 Å². The van der Waals surface area contributed by atoms with Gasteiger partial charge in [0.05, 0.1) is 30.5 Å². The molecule has 116 valence electrons. The molecule has 0 radical (unpaired) electrons. The highest BCUT2D eigenvalue weighted by Crippen LogP contribution is 2.13. The first-order valence-corrected chi connectivity index (χ1v) is 8.86. The van der Waals surface area contributed by atoms with Crippen LogP contribution in [0.2, 0.25) is 0 Å². The zero-order valence-corrected chi connectivity index (χ0v) is 14.1. The standard InChI is InChI=1S/C15H22N2O2S2/c1-11-8-20-9-13(11)5-16-6-14(18)7-19-4-3-15-12(2)17-10-21-15/h8-10,14,16,18H,3-7H2,1-2H3. The first kappa shape index (κ1) is 16.6. The zero-order valence-electron chi connectivity index (χ0n) is 12.5. The second-order valence-electron chi connectivity index (χ2n) is 5.05. The van der Waals surface area contributed by atoms with Crippen molar-refractivity contribution in [3.63, 3.8) is 0 Å². The molecule has 0 aliphatic rings. The van der Waals surface area contributed by atoms with Gasteiger partial charge in [-0.1, -0.05) is 0 Å². The van der Waals surface area contributed by atoms with Crippen molar-refractivity contribution in [3.05, 3.63) is 38.0 Å². The molecule has 2 aromatic heterocycles. The van der Waals surface area contributed by atoms with E-state index < -0.39 is 6.10 Å². The van der Waals surface area contributed by atoms with Crippen molar-refractivity contribution >= 4 is 22.7 Å². The van der Waals surface area contributed by atoms with Crippen LogP contribution in [0.1, 0.15) is 21.7 Å². The monoisotopic (exact) mass is 326 g/mol. The van der Waals surface area contributed by atoms with Gasteiger partial charge in [-0.15, -0.1) is 11.3 Å². The molecule has 0 saturated heterocycles. The Morgan fingerprint density at radius 2 is 2.24 bits per heavy atom. The molecule has 1 atom stereocenters. The molecule has 0 bridgehead atoms. The van der Waals surface area contributed by atoms with Gasteiger partial charge in [0, 0.05) is 24.4 Å². The van der Waals surface area contributed by atoms with Gasteiger partial charge < -0.3 is 15.2 Å². The highest BCUT2D eigenvalue weighted by molar-refractivity contribution is 7.09. The Morgan fingerprint density at radius 3 is 2.90 bits per heavy atom. The third kappa shape index (κ3) is 5.48. The Labute approximate surface area is 133 Å². The molecule has 21 heavy (non-hydrogen) atoms. The number of aliphatic hydroxyl groups is 1. The van der Waals surface area contributed by atoms with Gasteiger partial charge in [-0.3, -0.25) is 0 Å². The molecule has 2 heterocycles. The molecule has 6 heteroatoms. The van der Waals surface area contributed by atoms with Gasteiger partial charge in [0.1, 0.15) is 0 Å². The van der Waals surface area contributed by atoms with Gasteiger partial charge in [0.25, 0.3) is 0 Å². The Bertz CT molecular complexity index is 539. The van der Waals surface area contributed by atoms with Gasteiger partial charge in [-0.25, -0.2) is 4.98 Å². The molecule has 0 aliphatic heterocycles. The topological polar surface area (TPSA) is 54.4 Å². The highest BCUT2D eigenvalue weighted by atomic mass is 32.1. The molecule has 1 unspecified atom stereocenters. The predicted octanol–water partition coefficient (Wildman–Crippen LogP) is 2.53. The summed E-state index contributed by atoms with van der Waals surface area (Å²) in [4.78, 5) is 5.47. The maximum absolute atomic E-state index is 9.86. The highest BCUT2D eigenvalue weighted by Gasteiger charge is 2.06. The van der Waals surface area contributed by atoms with Crippen molar-refractivity contribution in [3.8, 4) is 0 Å². The van der Waals surface area contributed by atoms with E-state index >= 15 is 0 Å². The summed E-state index contributed by atoms with van der Waals surface area (Å²) in [7, 11) is 0. The minimum Gasteiger partial charge on any atom is -0.389 e. The summed E-state index contributed by atoms with van der Waals surface area (Å²) in [5, 5.41) is 17.4. The smallest absolute Gasteiger partial charge is 0.0897 e. The Balaban J connectivity index is 1.54. The first-order chi connectivity index (χ1) is 10.2. The van der Waals surface area contributed by atoms with E-state index in [1.165, 1.54) is 16.0 Å². The lowest BCUT2D eigenvalue weighted by Gasteiger charge is -2.12. The molecule has 2 N–H and O–H groups in total. The number of nitrogens with one attached hydrogen (secondary N) is 1. The number of thiazole rings is 1. The molecule has 2 rings (SSSR count). The normalized spacial score (nSPS) is 12.7. The summed E-state index contributed by atoms with van der Waals surface area (Å²) in [6.45, 7) is 6.46. The van der Waals surface area contributed by atoms with Gasteiger partial charge >= 0.3 is 0 Å². The molecule has 0 amide bonds. The van der Waals surface area contributed by atoms with Gasteiger partial charge in [0.2, 0.25) is 0 Å². The lowest BCUT2D eigenvalue weighted by molar-refractivity contribution is 0.0383. The molecule has 0 saturated carbocycles. The number of rotatable bonds is 9. The van der Waals surface area contributed by atoms with Crippen LogP contribution >= 0.6 is 22.7 Å². The van der Waals surface area contributed by atoms with Crippen molar-refractivity contribution < 1.29 is 9.84 Å². The average molecular weight is 326 g/mol. The summed E-state index contributed by atoms with van der Waals surface area (Å²) in [5.41, 5.74) is 5.54. The summed E-state index contributed by atoms with van der Waals surface area (Å²) >= 11 is 3.37. The van der Waals surface area contributed by atoms with Crippen LogP contribution in [-0.4, -0.2) is 36.0 Å². The van der Waals surface area contributed by atoms with E-state index in [1.54, 1.807) is 22.7 Å². The van der Waals surface area contributed by atoms with Crippen molar-refractivity contribution in [2.75, 3.05) is 19.8 Å². The molecule has 0 spiro atoms. The number of aliphatic hydroxyl groups excluding tert-OH is 1. The largest absolute Gasteiger partial charge is 0.389 e. The molecular formula is C15H22N2O2S2. The Hall–Kier alpha value is -0.790. The number of nitrogens with zero attached hydrogens (tertiary/aromatic N) is 1. The van der Waals surface area contributed by atoms with Crippen LogP contribution in [0.25, 0.3) is 0 Å². The summed E-state index contributed by atoms with van der Waals surface area (Å²) in [6.07, 6.45) is 0.400. The summed E-state index contributed by atoms with van der Waals surface area (Å²) < 4.78 is 5.53. The van der Waals surface area contributed by atoms with Crippen LogP contribution in [0, 0.1) is 13.8 Å². The average Bonchev–Trinajstić information content (AvgIpc) is 3.04. The van der Waals surface area contributed by atoms with E-state index in [2.05, 4.69) is 28.0 Å². The number of aromatic nitrogens is 1. The van der Waals surface area contributed by atoms with E-state index in [9.17, 15) is 5.11 Å². The number of hydrogen-bond donors (Lipinski definition) is 2. The SMILES string of the molecule is Cc1cscc1CNCC(O)COCCc1scnc1C. The van der Waals surface area contributed by atoms with Gasteiger partial charge in [-0.05, 0) is 35.7 Å². The fourth-order valence-electron chi connectivity index (χ4n) is 1.95.